The molecule has 3 aromatic carbocycles. The monoisotopic (exact) mass is 532 g/mol. The highest BCUT2D eigenvalue weighted by Gasteiger charge is 2.40. The van der Waals surface area contributed by atoms with Crippen LogP contribution in [0.3, 0.4) is 0 Å². The van der Waals surface area contributed by atoms with Crippen molar-refractivity contribution in [3.8, 4) is 11.5 Å². The summed E-state index contributed by atoms with van der Waals surface area (Å²) < 4.78 is 57.6. The van der Waals surface area contributed by atoms with E-state index in [1.54, 1.807) is 18.2 Å². The van der Waals surface area contributed by atoms with E-state index in [1.165, 1.54) is 25.3 Å². The number of amides is 2. The molecular formula is C26H20ClF3N2O5. The number of benzene rings is 3. The van der Waals surface area contributed by atoms with Crippen LogP contribution in [0, 0.1) is 23.4 Å². The van der Waals surface area contributed by atoms with Gasteiger partial charge >= 0.3 is 12.0 Å². The second kappa shape index (κ2) is 11.3. The van der Waals surface area contributed by atoms with Gasteiger partial charge in [0.2, 0.25) is 0 Å². The third-order valence-corrected chi connectivity index (χ3v) is 5.73. The highest BCUT2D eigenvalue weighted by atomic mass is 35.5. The van der Waals surface area contributed by atoms with Crippen molar-refractivity contribution in [3.05, 3.63) is 94.3 Å². The first-order valence-electron chi connectivity index (χ1n) is 10.9. The van der Waals surface area contributed by atoms with Crippen LogP contribution in [-0.4, -0.2) is 31.4 Å². The molecule has 0 aromatic heterocycles. The van der Waals surface area contributed by atoms with E-state index in [-0.39, 0.29) is 29.2 Å². The van der Waals surface area contributed by atoms with Gasteiger partial charge in [0.05, 0.1) is 18.9 Å². The van der Waals surface area contributed by atoms with Crippen LogP contribution >= 0.6 is 11.6 Å². The number of rotatable bonds is 8. The van der Waals surface area contributed by atoms with Crippen LogP contribution in [0.5, 0.6) is 11.5 Å². The molecule has 1 aliphatic heterocycles. The number of nitrogens with one attached hydrogen (secondary N) is 1. The fourth-order valence-electron chi connectivity index (χ4n) is 3.84. The van der Waals surface area contributed by atoms with Crippen LogP contribution in [0.1, 0.15) is 17.2 Å². The molecule has 0 aliphatic carbocycles. The number of ether oxygens (including phenoxy) is 3. The SMILES string of the molecule is COc1ccc(C2NC(=O)N=C(COc3cccc(Cl)c3)C2C(=O)OCc2cc(F)cc(F)c2)cc1F. The molecule has 0 spiro atoms. The van der Waals surface area contributed by atoms with Crippen molar-refractivity contribution >= 4 is 29.3 Å². The largest absolute Gasteiger partial charge is 0.494 e. The summed E-state index contributed by atoms with van der Waals surface area (Å²) in [6, 6.07) is 11.3. The summed E-state index contributed by atoms with van der Waals surface area (Å²) in [5.74, 6) is -4.18. The van der Waals surface area contributed by atoms with E-state index >= 15 is 0 Å². The lowest BCUT2D eigenvalue weighted by atomic mass is 9.87. The van der Waals surface area contributed by atoms with Gasteiger partial charge in [-0.3, -0.25) is 4.79 Å². The Morgan fingerprint density at radius 2 is 1.78 bits per heavy atom. The molecule has 0 saturated carbocycles. The Balaban J connectivity index is 1.64. The fourth-order valence-corrected chi connectivity index (χ4v) is 4.02. The summed E-state index contributed by atoms with van der Waals surface area (Å²) in [6.07, 6.45) is 0. The van der Waals surface area contributed by atoms with E-state index in [1.807, 2.05) is 0 Å². The Labute approximate surface area is 214 Å². The van der Waals surface area contributed by atoms with Gasteiger partial charge in [0.25, 0.3) is 0 Å². The Bertz CT molecular complexity index is 1350. The third kappa shape index (κ3) is 6.39. The molecule has 1 N–H and O–H groups in total. The lowest BCUT2D eigenvalue weighted by molar-refractivity contribution is -0.148. The maximum Gasteiger partial charge on any atom is 0.341 e. The molecule has 2 unspecified atom stereocenters. The Hall–Kier alpha value is -4.05. The summed E-state index contributed by atoms with van der Waals surface area (Å²) in [5, 5.41) is 2.96. The Morgan fingerprint density at radius 3 is 2.46 bits per heavy atom. The van der Waals surface area contributed by atoms with Gasteiger partial charge in [-0.15, -0.1) is 0 Å². The first-order chi connectivity index (χ1) is 17.7. The number of halogens is 4. The lowest BCUT2D eigenvalue weighted by Crippen LogP contribution is -2.47. The average Bonchev–Trinajstić information content (AvgIpc) is 2.85. The molecule has 192 valence electrons. The minimum Gasteiger partial charge on any atom is -0.494 e. The van der Waals surface area contributed by atoms with Crippen LogP contribution in [-0.2, 0) is 16.1 Å². The topological polar surface area (TPSA) is 86.2 Å². The number of carbonyl (C=O) groups excluding carboxylic acids is 2. The number of esters is 1. The van der Waals surface area contributed by atoms with Gasteiger partial charge in [-0.05, 0) is 53.6 Å². The van der Waals surface area contributed by atoms with Crippen LogP contribution < -0.4 is 14.8 Å². The molecule has 11 heteroatoms. The van der Waals surface area contributed by atoms with Crippen molar-refractivity contribution in [3.63, 3.8) is 0 Å². The molecule has 0 saturated heterocycles. The summed E-state index contributed by atoms with van der Waals surface area (Å²) >= 11 is 5.99. The van der Waals surface area contributed by atoms with Crippen molar-refractivity contribution in [2.24, 2.45) is 10.9 Å². The van der Waals surface area contributed by atoms with Gasteiger partial charge in [-0.2, -0.15) is 4.99 Å². The maximum absolute atomic E-state index is 14.5. The number of hydrogen-bond donors (Lipinski definition) is 1. The van der Waals surface area contributed by atoms with E-state index in [9.17, 15) is 22.8 Å². The zero-order chi connectivity index (χ0) is 26.5. The van der Waals surface area contributed by atoms with E-state index in [4.69, 9.17) is 25.8 Å². The summed E-state index contributed by atoms with van der Waals surface area (Å²) in [7, 11) is 1.30. The molecule has 7 nitrogen and oxygen atoms in total. The number of urea groups is 1. The highest BCUT2D eigenvalue weighted by molar-refractivity contribution is 6.30. The normalized spacial score (nSPS) is 17.0. The predicted molar refractivity (Wildman–Crippen MR) is 128 cm³/mol. The van der Waals surface area contributed by atoms with Gasteiger partial charge in [-0.25, -0.2) is 18.0 Å². The van der Waals surface area contributed by atoms with Crippen molar-refractivity contribution in [2.75, 3.05) is 13.7 Å². The molecule has 1 heterocycles. The van der Waals surface area contributed by atoms with E-state index in [0.29, 0.717) is 16.8 Å². The molecule has 0 radical (unpaired) electrons. The number of carbonyl (C=O) groups is 2. The summed E-state index contributed by atoms with van der Waals surface area (Å²) in [4.78, 5) is 29.6. The van der Waals surface area contributed by atoms with Crippen LogP contribution in [0.2, 0.25) is 5.02 Å². The van der Waals surface area contributed by atoms with Crippen LogP contribution in [0.25, 0.3) is 0 Å². The van der Waals surface area contributed by atoms with Crippen molar-refractivity contribution in [1.82, 2.24) is 5.32 Å². The van der Waals surface area contributed by atoms with Crippen molar-refractivity contribution < 1.29 is 37.0 Å². The van der Waals surface area contributed by atoms with Crippen molar-refractivity contribution in [1.29, 1.82) is 0 Å². The molecule has 2 atom stereocenters. The smallest absolute Gasteiger partial charge is 0.341 e. The second-order valence-electron chi connectivity index (χ2n) is 8.03. The standard InChI is InChI=1S/C26H20ClF3N2O5/c1-35-22-6-5-15(9-20(22)30)24-23(25(33)37-12-14-7-17(28)11-18(29)8-14)21(31-26(34)32-24)13-36-19-4-2-3-16(27)10-19/h2-11,23-24H,12-13H2,1H3,(H,32,34). The molecule has 3 aromatic rings. The molecular weight excluding hydrogens is 513 g/mol. The zero-order valence-corrected chi connectivity index (χ0v) is 20.1. The number of methoxy groups -OCH3 is 1. The summed E-state index contributed by atoms with van der Waals surface area (Å²) in [5.41, 5.74) is 0.312. The number of hydrogen-bond acceptors (Lipinski definition) is 5. The number of aliphatic imine (C=N–C) groups is 1. The lowest BCUT2D eigenvalue weighted by Gasteiger charge is -2.31. The quantitative estimate of drug-likeness (QED) is 0.392. The van der Waals surface area contributed by atoms with Crippen LogP contribution in [0.4, 0.5) is 18.0 Å². The van der Waals surface area contributed by atoms with Crippen molar-refractivity contribution in [2.45, 2.75) is 12.6 Å². The average molecular weight is 533 g/mol. The van der Waals surface area contributed by atoms with E-state index in [0.717, 1.165) is 18.2 Å². The summed E-state index contributed by atoms with van der Waals surface area (Å²) in [6.45, 7) is -0.749. The maximum atomic E-state index is 14.5. The third-order valence-electron chi connectivity index (χ3n) is 5.49. The van der Waals surface area contributed by atoms with E-state index in [2.05, 4.69) is 10.3 Å². The molecule has 37 heavy (non-hydrogen) atoms. The van der Waals surface area contributed by atoms with E-state index < -0.39 is 48.0 Å². The number of nitrogens with zero attached hydrogens (tertiary/aromatic N) is 1. The zero-order valence-electron chi connectivity index (χ0n) is 19.3. The first-order valence-corrected chi connectivity index (χ1v) is 11.3. The molecule has 4 rings (SSSR count). The van der Waals surface area contributed by atoms with Gasteiger partial charge < -0.3 is 19.5 Å². The minimum atomic E-state index is -1.25. The Morgan fingerprint density at radius 1 is 1.03 bits per heavy atom. The minimum absolute atomic E-state index is 0.000347. The second-order valence-corrected chi connectivity index (χ2v) is 8.47. The predicted octanol–water partition coefficient (Wildman–Crippen LogP) is 5.41. The van der Waals surface area contributed by atoms with Gasteiger partial charge in [0, 0.05) is 11.1 Å². The highest BCUT2D eigenvalue weighted by Crippen LogP contribution is 2.31. The molecule has 0 bridgehead atoms. The first kappa shape index (κ1) is 26.0. The van der Waals surface area contributed by atoms with Gasteiger partial charge in [-0.1, -0.05) is 23.7 Å². The van der Waals surface area contributed by atoms with Gasteiger partial charge in [0.15, 0.2) is 11.6 Å². The molecule has 1 aliphatic rings. The van der Waals surface area contributed by atoms with Gasteiger partial charge in [0.1, 0.15) is 36.5 Å². The fraction of sp³-hybridized carbons (Fsp3) is 0.192. The molecule has 0 fully saturated rings. The van der Waals surface area contributed by atoms with Crippen LogP contribution in [0.15, 0.2) is 65.7 Å². The Kier molecular flexibility index (Phi) is 7.98. The molecule has 2 amide bonds.